The van der Waals surface area contributed by atoms with Gasteiger partial charge in [-0.15, -0.1) is 0 Å². The summed E-state index contributed by atoms with van der Waals surface area (Å²) in [4.78, 5) is 0. The molecular formula is C9H11O. The second kappa shape index (κ2) is 4.07. The molecule has 1 aromatic carbocycles. The van der Waals surface area contributed by atoms with Crippen LogP contribution in [-0.4, -0.2) is 13.7 Å². The molecule has 10 heavy (non-hydrogen) atoms. The molecule has 0 heterocycles. The second-order valence-electron chi connectivity index (χ2n) is 2.07. The van der Waals surface area contributed by atoms with Crippen molar-refractivity contribution < 1.29 is 4.74 Å². The quantitative estimate of drug-likeness (QED) is 0.615. The molecule has 0 amide bonds. The Morgan fingerprint density at radius 1 is 1.30 bits per heavy atom. The van der Waals surface area contributed by atoms with Gasteiger partial charge in [0.25, 0.3) is 0 Å². The Morgan fingerprint density at radius 2 is 2.00 bits per heavy atom. The molecule has 0 unspecified atom stereocenters. The number of hydrogen-bond acceptors (Lipinski definition) is 1. The lowest BCUT2D eigenvalue weighted by Crippen LogP contribution is -1.89. The molecule has 0 saturated heterocycles. The molecule has 0 saturated carbocycles. The fourth-order valence-electron chi connectivity index (χ4n) is 0.769. The van der Waals surface area contributed by atoms with Crippen LogP contribution in [0.25, 0.3) is 0 Å². The Bertz CT molecular complexity index is 169. The average Bonchev–Trinajstić information content (AvgIpc) is 2.03. The summed E-state index contributed by atoms with van der Waals surface area (Å²) in [7, 11) is 1.69. The minimum absolute atomic E-state index is 0.685. The van der Waals surface area contributed by atoms with Gasteiger partial charge in [-0.1, -0.05) is 30.3 Å². The first-order chi connectivity index (χ1) is 4.93. The predicted molar refractivity (Wildman–Crippen MR) is 41.7 cm³/mol. The average molecular weight is 135 g/mol. The van der Waals surface area contributed by atoms with Crippen LogP contribution in [0.5, 0.6) is 0 Å². The zero-order valence-corrected chi connectivity index (χ0v) is 6.08. The predicted octanol–water partition coefficient (Wildman–Crippen LogP) is 1.89. The first-order valence-electron chi connectivity index (χ1n) is 3.30. The molecule has 1 radical (unpaired) electrons. The van der Waals surface area contributed by atoms with Crippen LogP contribution in [0.2, 0.25) is 0 Å². The molecule has 53 valence electrons. The zero-order chi connectivity index (χ0) is 7.23. The highest BCUT2D eigenvalue weighted by atomic mass is 16.5. The molecule has 1 heteroatoms. The van der Waals surface area contributed by atoms with E-state index < -0.39 is 0 Å². The first kappa shape index (κ1) is 7.29. The smallest absolute Gasteiger partial charge is 0.0537 e. The Labute approximate surface area is 61.6 Å². The van der Waals surface area contributed by atoms with Gasteiger partial charge >= 0.3 is 0 Å². The van der Waals surface area contributed by atoms with Crippen LogP contribution in [-0.2, 0) is 4.74 Å². The molecule has 0 aliphatic rings. The van der Waals surface area contributed by atoms with Crippen molar-refractivity contribution in [3.05, 3.63) is 42.3 Å². The first-order valence-corrected chi connectivity index (χ1v) is 3.30. The van der Waals surface area contributed by atoms with E-state index in [9.17, 15) is 0 Å². The summed E-state index contributed by atoms with van der Waals surface area (Å²) in [6, 6.07) is 10.1. The van der Waals surface area contributed by atoms with E-state index in [2.05, 4.69) is 12.1 Å². The van der Waals surface area contributed by atoms with Crippen molar-refractivity contribution >= 4 is 0 Å². The van der Waals surface area contributed by atoms with Gasteiger partial charge in [0.2, 0.25) is 0 Å². The molecule has 1 nitrogen and oxygen atoms in total. The van der Waals surface area contributed by atoms with Crippen molar-refractivity contribution in [1.82, 2.24) is 0 Å². The summed E-state index contributed by atoms with van der Waals surface area (Å²) >= 11 is 0. The highest BCUT2D eigenvalue weighted by molar-refractivity contribution is 5.22. The number of rotatable bonds is 3. The molecule has 0 aliphatic carbocycles. The third-order valence-corrected chi connectivity index (χ3v) is 1.29. The van der Waals surface area contributed by atoms with E-state index in [-0.39, 0.29) is 0 Å². The van der Waals surface area contributed by atoms with Gasteiger partial charge in [0.05, 0.1) is 6.61 Å². The monoisotopic (exact) mass is 135 g/mol. The van der Waals surface area contributed by atoms with Crippen molar-refractivity contribution in [2.24, 2.45) is 0 Å². The molecule has 0 fully saturated rings. The SMILES string of the molecule is COC[CH]c1ccccc1. The van der Waals surface area contributed by atoms with Crippen molar-refractivity contribution in [3.63, 3.8) is 0 Å². The molecule has 1 rings (SSSR count). The topological polar surface area (TPSA) is 9.23 Å². The summed E-state index contributed by atoms with van der Waals surface area (Å²) in [5.74, 6) is 0. The highest BCUT2D eigenvalue weighted by Gasteiger charge is 1.88. The van der Waals surface area contributed by atoms with Gasteiger partial charge in [-0.25, -0.2) is 0 Å². The van der Waals surface area contributed by atoms with Crippen molar-refractivity contribution in [2.45, 2.75) is 0 Å². The van der Waals surface area contributed by atoms with Gasteiger partial charge in [0.15, 0.2) is 0 Å². The maximum absolute atomic E-state index is 4.89. The van der Waals surface area contributed by atoms with Gasteiger partial charge in [-0.3, -0.25) is 0 Å². The third kappa shape index (κ3) is 2.19. The fourth-order valence-corrected chi connectivity index (χ4v) is 0.769. The molecule has 0 aromatic heterocycles. The lowest BCUT2D eigenvalue weighted by Gasteiger charge is -1.96. The van der Waals surface area contributed by atoms with E-state index in [1.54, 1.807) is 7.11 Å². The van der Waals surface area contributed by atoms with Gasteiger partial charge < -0.3 is 4.74 Å². The summed E-state index contributed by atoms with van der Waals surface area (Å²) in [5.41, 5.74) is 1.21. The normalized spacial score (nSPS) is 9.70. The maximum atomic E-state index is 4.89. The molecule has 0 spiro atoms. The summed E-state index contributed by atoms with van der Waals surface area (Å²) in [5, 5.41) is 0. The zero-order valence-electron chi connectivity index (χ0n) is 6.08. The maximum Gasteiger partial charge on any atom is 0.0537 e. The minimum Gasteiger partial charge on any atom is -0.384 e. The Hall–Kier alpha value is -0.820. The molecule has 1 aromatic rings. The van der Waals surface area contributed by atoms with Crippen LogP contribution in [0.15, 0.2) is 30.3 Å². The molecule has 0 aliphatic heterocycles. The van der Waals surface area contributed by atoms with Crippen molar-refractivity contribution in [3.8, 4) is 0 Å². The van der Waals surface area contributed by atoms with Gasteiger partial charge in [0.1, 0.15) is 0 Å². The molecular weight excluding hydrogens is 124 g/mol. The number of methoxy groups -OCH3 is 1. The van der Waals surface area contributed by atoms with Crippen LogP contribution >= 0.6 is 0 Å². The molecule has 0 atom stereocenters. The van der Waals surface area contributed by atoms with Crippen LogP contribution < -0.4 is 0 Å². The largest absolute Gasteiger partial charge is 0.384 e. The van der Waals surface area contributed by atoms with E-state index in [0.29, 0.717) is 6.61 Å². The molecule has 0 N–H and O–H groups in total. The van der Waals surface area contributed by atoms with E-state index in [1.165, 1.54) is 5.56 Å². The van der Waals surface area contributed by atoms with Crippen LogP contribution in [0.3, 0.4) is 0 Å². The highest BCUT2D eigenvalue weighted by Crippen LogP contribution is 2.00. The third-order valence-electron chi connectivity index (χ3n) is 1.29. The standard InChI is InChI=1S/C9H11O/c1-10-8-7-9-5-3-2-4-6-9/h2-7H,8H2,1H3. The van der Waals surface area contributed by atoms with Crippen molar-refractivity contribution in [1.29, 1.82) is 0 Å². The number of ether oxygens (including phenoxy) is 1. The summed E-state index contributed by atoms with van der Waals surface area (Å²) in [6.45, 7) is 0.685. The van der Waals surface area contributed by atoms with E-state index in [0.717, 1.165) is 0 Å². The summed E-state index contributed by atoms with van der Waals surface area (Å²) < 4.78 is 4.89. The number of benzene rings is 1. The lowest BCUT2D eigenvalue weighted by atomic mass is 10.2. The minimum atomic E-state index is 0.685. The Balaban J connectivity index is 2.43. The lowest BCUT2D eigenvalue weighted by molar-refractivity contribution is 0.225. The van der Waals surface area contributed by atoms with E-state index in [4.69, 9.17) is 4.74 Å². The van der Waals surface area contributed by atoms with Crippen molar-refractivity contribution in [2.75, 3.05) is 13.7 Å². The Kier molecular flexibility index (Phi) is 2.97. The van der Waals surface area contributed by atoms with Gasteiger partial charge in [-0.05, 0) is 5.56 Å². The Morgan fingerprint density at radius 3 is 2.60 bits per heavy atom. The van der Waals surface area contributed by atoms with Gasteiger partial charge in [0, 0.05) is 13.5 Å². The van der Waals surface area contributed by atoms with Gasteiger partial charge in [-0.2, -0.15) is 0 Å². The molecule has 0 bridgehead atoms. The van der Waals surface area contributed by atoms with Crippen LogP contribution in [0.1, 0.15) is 5.56 Å². The fraction of sp³-hybridized carbons (Fsp3) is 0.222. The van der Waals surface area contributed by atoms with E-state index >= 15 is 0 Å². The van der Waals surface area contributed by atoms with E-state index in [1.807, 2.05) is 24.6 Å². The van der Waals surface area contributed by atoms with Crippen LogP contribution in [0.4, 0.5) is 0 Å². The summed E-state index contributed by atoms with van der Waals surface area (Å²) in [6.07, 6.45) is 2.04. The second-order valence-corrected chi connectivity index (χ2v) is 2.07. The number of hydrogen-bond donors (Lipinski definition) is 0. The van der Waals surface area contributed by atoms with Crippen LogP contribution in [0, 0.1) is 6.42 Å².